The lowest BCUT2D eigenvalue weighted by Gasteiger charge is -2.13. The molecule has 0 aliphatic carbocycles. The first kappa shape index (κ1) is 19.5. The molecular formula is C27H26ClN. The summed E-state index contributed by atoms with van der Waals surface area (Å²) in [4.78, 5) is 0. The molecule has 1 nitrogen and oxygen atoms in total. The van der Waals surface area contributed by atoms with Crippen molar-refractivity contribution in [2.24, 2.45) is 0 Å². The molecule has 4 rings (SSSR count). The number of aryl methyl sites for hydroxylation is 3. The van der Waals surface area contributed by atoms with E-state index in [1.807, 2.05) is 6.07 Å². The SMILES string of the molecule is C=C(C)c1c(Cc2ccccc2)c2cc(Cl)ccc2n1CCc1ccc(C)cc1. The van der Waals surface area contributed by atoms with Gasteiger partial charge in [0.05, 0.1) is 0 Å². The van der Waals surface area contributed by atoms with E-state index in [0.717, 1.165) is 30.0 Å². The molecule has 0 atom stereocenters. The van der Waals surface area contributed by atoms with Crippen molar-refractivity contribution in [2.45, 2.75) is 33.2 Å². The molecule has 0 amide bonds. The predicted octanol–water partition coefficient (Wildman–Crippen LogP) is 7.47. The summed E-state index contributed by atoms with van der Waals surface area (Å²) in [6.45, 7) is 9.46. The Morgan fingerprint density at radius 2 is 1.66 bits per heavy atom. The fourth-order valence-electron chi connectivity index (χ4n) is 4.09. The molecule has 0 saturated heterocycles. The highest BCUT2D eigenvalue weighted by Gasteiger charge is 2.18. The van der Waals surface area contributed by atoms with E-state index < -0.39 is 0 Å². The number of hydrogen-bond donors (Lipinski definition) is 0. The van der Waals surface area contributed by atoms with Crippen LogP contribution >= 0.6 is 11.6 Å². The number of halogens is 1. The fraction of sp³-hybridized carbons (Fsp3) is 0.185. The Kier molecular flexibility index (Phi) is 5.60. The van der Waals surface area contributed by atoms with Crippen LogP contribution in [-0.4, -0.2) is 4.57 Å². The zero-order valence-electron chi connectivity index (χ0n) is 17.1. The third-order valence-corrected chi connectivity index (χ3v) is 5.74. The molecule has 4 aromatic rings. The fourth-order valence-corrected chi connectivity index (χ4v) is 4.26. The Labute approximate surface area is 178 Å². The first-order valence-electron chi connectivity index (χ1n) is 10.1. The third kappa shape index (κ3) is 4.16. The highest BCUT2D eigenvalue weighted by molar-refractivity contribution is 6.31. The minimum Gasteiger partial charge on any atom is -0.340 e. The topological polar surface area (TPSA) is 4.93 Å². The van der Waals surface area contributed by atoms with Crippen LogP contribution in [-0.2, 0) is 19.4 Å². The van der Waals surface area contributed by atoms with Gasteiger partial charge in [-0.2, -0.15) is 0 Å². The Balaban J connectivity index is 1.81. The zero-order valence-corrected chi connectivity index (χ0v) is 17.8. The number of fused-ring (bicyclic) bond motifs is 1. The van der Waals surface area contributed by atoms with Gasteiger partial charge in [0.25, 0.3) is 0 Å². The van der Waals surface area contributed by atoms with Gasteiger partial charge in [-0.05, 0) is 60.7 Å². The average molecular weight is 400 g/mol. The molecule has 0 bridgehead atoms. The molecule has 29 heavy (non-hydrogen) atoms. The molecule has 146 valence electrons. The second-order valence-corrected chi connectivity index (χ2v) is 8.26. The van der Waals surface area contributed by atoms with Gasteiger partial charge in [-0.25, -0.2) is 0 Å². The molecule has 0 unspecified atom stereocenters. The highest BCUT2D eigenvalue weighted by atomic mass is 35.5. The van der Waals surface area contributed by atoms with Crippen molar-refractivity contribution in [3.63, 3.8) is 0 Å². The molecule has 0 spiro atoms. The lowest BCUT2D eigenvalue weighted by molar-refractivity contribution is 0.711. The molecule has 1 heterocycles. The number of aromatic nitrogens is 1. The average Bonchev–Trinajstić information content (AvgIpc) is 3.01. The number of nitrogens with zero attached hydrogens (tertiary/aromatic N) is 1. The van der Waals surface area contributed by atoms with Crippen LogP contribution in [0, 0.1) is 6.92 Å². The molecule has 0 saturated carbocycles. The maximum absolute atomic E-state index is 6.39. The van der Waals surface area contributed by atoms with Crippen molar-refractivity contribution < 1.29 is 0 Å². The van der Waals surface area contributed by atoms with Crippen LogP contribution in [0.25, 0.3) is 16.5 Å². The Bertz CT molecular complexity index is 1150. The van der Waals surface area contributed by atoms with Gasteiger partial charge in [0, 0.05) is 34.6 Å². The first-order valence-corrected chi connectivity index (χ1v) is 10.5. The molecule has 2 heteroatoms. The summed E-state index contributed by atoms with van der Waals surface area (Å²) in [6.07, 6.45) is 1.86. The van der Waals surface area contributed by atoms with Gasteiger partial charge in [0.1, 0.15) is 0 Å². The predicted molar refractivity (Wildman–Crippen MR) is 126 cm³/mol. The lowest BCUT2D eigenvalue weighted by atomic mass is 9.99. The smallest absolute Gasteiger partial charge is 0.0489 e. The summed E-state index contributed by atoms with van der Waals surface area (Å²) in [5.41, 5.74) is 8.81. The van der Waals surface area contributed by atoms with Gasteiger partial charge in [-0.15, -0.1) is 0 Å². The van der Waals surface area contributed by atoms with Gasteiger partial charge in [-0.3, -0.25) is 0 Å². The van der Waals surface area contributed by atoms with Crippen LogP contribution in [0.1, 0.15) is 34.9 Å². The summed E-state index contributed by atoms with van der Waals surface area (Å²) in [5, 5.41) is 2.00. The standard InChI is InChI=1S/C27H26ClN/c1-19(2)27-25(17-22-7-5-4-6-8-22)24-18-23(28)13-14-26(24)29(27)16-15-21-11-9-20(3)10-12-21/h4-14,18H,1,15-17H2,2-3H3. The molecule has 0 radical (unpaired) electrons. The summed E-state index contributed by atoms with van der Waals surface area (Å²) in [6, 6.07) is 25.7. The quantitative estimate of drug-likeness (QED) is 0.317. The molecule has 3 aromatic carbocycles. The normalized spacial score (nSPS) is 11.1. The minimum absolute atomic E-state index is 0.774. The van der Waals surface area contributed by atoms with Crippen LogP contribution in [0.15, 0.2) is 79.4 Å². The van der Waals surface area contributed by atoms with Crippen LogP contribution in [0.2, 0.25) is 5.02 Å². The van der Waals surface area contributed by atoms with Crippen molar-refractivity contribution in [1.29, 1.82) is 0 Å². The van der Waals surface area contributed by atoms with E-state index in [1.165, 1.54) is 38.9 Å². The number of allylic oxidation sites excluding steroid dienone is 1. The summed E-state index contributed by atoms with van der Waals surface area (Å²) >= 11 is 6.39. The summed E-state index contributed by atoms with van der Waals surface area (Å²) in [5.74, 6) is 0. The van der Waals surface area contributed by atoms with Crippen molar-refractivity contribution in [3.8, 4) is 0 Å². The van der Waals surface area contributed by atoms with E-state index in [1.54, 1.807) is 0 Å². The maximum Gasteiger partial charge on any atom is 0.0489 e. The molecular weight excluding hydrogens is 374 g/mol. The Morgan fingerprint density at radius 1 is 0.931 bits per heavy atom. The van der Waals surface area contributed by atoms with Crippen molar-refractivity contribution in [3.05, 3.63) is 112 Å². The Morgan fingerprint density at radius 3 is 2.34 bits per heavy atom. The van der Waals surface area contributed by atoms with Gasteiger partial charge in [0.2, 0.25) is 0 Å². The minimum atomic E-state index is 0.774. The second-order valence-electron chi connectivity index (χ2n) is 7.82. The van der Waals surface area contributed by atoms with Crippen LogP contribution in [0.4, 0.5) is 0 Å². The number of rotatable bonds is 6. The van der Waals surface area contributed by atoms with E-state index in [0.29, 0.717) is 0 Å². The number of benzene rings is 3. The van der Waals surface area contributed by atoms with Gasteiger partial charge in [0.15, 0.2) is 0 Å². The van der Waals surface area contributed by atoms with E-state index in [9.17, 15) is 0 Å². The first-order chi connectivity index (χ1) is 14.0. The van der Waals surface area contributed by atoms with Crippen LogP contribution < -0.4 is 0 Å². The van der Waals surface area contributed by atoms with E-state index >= 15 is 0 Å². The van der Waals surface area contributed by atoms with Gasteiger partial charge >= 0.3 is 0 Å². The van der Waals surface area contributed by atoms with Gasteiger partial charge in [-0.1, -0.05) is 78.3 Å². The van der Waals surface area contributed by atoms with Crippen LogP contribution in [0.5, 0.6) is 0 Å². The van der Waals surface area contributed by atoms with Crippen LogP contribution in [0.3, 0.4) is 0 Å². The highest BCUT2D eigenvalue weighted by Crippen LogP contribution is 2.34. The van der Waals surface area contributed by atoms with Gasteiger partial charge < -0.3 is 4.57 Å². The second kappa shape index (κ2) is 8.31. The van der Waals surface area contributed by atoms with Crippen molar-refractivity contribution in [1.82, 2.24) is 4.57 Å². The van der Waals surface area contributed by atoms with E-state index in [2.05, 4.69) is 91.7 Å². The number of hydrogen-bond acceptors (Lipinski definition) is 0. The molecule has 0 N–H and O–H groups in total. The third-order valence-electron chi connectivity index (χ3n) is 5.50. The molecule has 0 aliphatic rings. The van der Waals surface area contributed by atoms with Crippen molar-refractivity contribution in [2.75, 3.05) is 0 Å². The van der Waals surface area contributed by atoms with Crippen molar-refractivity contribution >= 4 is 28.1 Å². The zero-order chi connectivity index (χ0) is 20.4. The molecule has 0 aliphatic heterocycles. The summed E-state index contributed by atoms with van der Waals surface area (Å²) < 4.78 is 2.42. The monoisotopic (exact) mass is 399 g/mol. The molecule has 0 fully saturated rings. The Hall–Kier alpha value is -2.77. The van der Waals surface area contributed by atoms with E-state index in [4.69, 9.17) is 11.6 Å². The lowest BCUT2D eigenvalue weighted by Crippen LogP contribution is -2.06. The summed E-state index contributed by atoms with van der Waals surface area (Å²) in [7, 11) is 0. The largest absolute Gasteiger partial charge is 0.340 e. The van der Waals surface area contributed by atoms with E-state index in [-0.39, 0.29) is 0 Å². The maximum atomic E-state index is 6.39. The molecule has 1 aromatic heterocycles.